The highest BCUT2D eigenvalue weighted by atomic mass is 16.3. The summed E-state index contributed by atoms with van der Waals surface area (Å²) in [4.78, 5) is 30.0. The van der Waals surface area contributed by atoms with Crippen LogP contribution in [0.2, 0.25) is 0 Å². The smallest absolute Gasteiger partial charge is 0.253 e. The first kappa shape index (κ1) is 20.8. The molecule has 0 unspecified atom stereocenters. The van der Waals surface area contributed by atoms with Crippen LogP contribution in [-0.4, -0.2) is 72.6 Å². The molecule has 3 N–H and O–H groups in total. The summed E-state index contributed by atoms with van der Waals surface area (Å²) in [5.41, 5.74) is 8.97. The van der Waals surface area contributed by atoms with Crippen molar-refractivity contribution in [2.45, 2.75) is 44.4 Å². The second-order valence-corrected chi connectivity index (χ2v) is 8.77. The molecule has 2 atom stereocenters. The van der Waals surface area contributed by atoms with E-state index in [0.717, 1.165) is 19.6 Å². The van der Waals surface area contributed by atoms with Gasteiger partial charge in [0.2, 0.25) is 0 Å². The SMILES string of the molecule is Nc1ncnc2c1ncn2[C@H]1CCN(C(=O)c2ccc(CN3CCCC3)cc2)CC[C@@H]1O. The molecule has 2 aliphatic rings. The number of aliphatic hydroxyl groups excluding tert-OH is 1. The van der Waals surface area contributed by atoms with Crippen molar-refractivity contribution < 1.29 is 9.90 Å². The fourth-order valence-corrected chi connectivity index (χ4v) is 4.85. The van der Waals surface area contributed by atoms with Crippen molar-refractivity contribution in [3.63, 3.8) is 0 Å². The average molecular weight is 436 g/mol. The Labute approximate surface area is 186 Å². The number of anilines is 1. The molecular formula is C23H29N7O2. The lowest BCUT2D eigenvalue weighted by Crippen LogP contribution is -2.32. The Morgan fingerprint density at radius 3 is 2.56 bits per heavy atom. The molecule has 9 heteroatoms. The van der Waals surface area contributed by atoms with E-state index in [9.17, 15) is 9.90 Å². The first-order valence-electron chi connectivity index (χ1n) is 11.3. The van der Waals surface area contributed by atoms with Crippen LogP contribution in [0.4, 0.5) is 5.82 Å². The fraction of sp³-hybridized carbons (Fsp3) is 0.478. The molecule has 168 valence electrons. The highest BCUT2D eigenvalue weighted by molar-refractivity contribution is 5.94. The summed E-state index contributed by atoms with van der Waals surface area (Å²) in [6.45, 7) is 4.32. The molecule has 0 bridgehead atoms. The summed E-state index contributed by atoms with van der Waals surface area (Å²) >= 11 is 0. The van der Waals surface area contributed by atoms with Crippen molar-refractivity contribution in [3.05, 3.63) is 48.0 Å². The maximum Gasteiger partial charge on any atom is 0.253 e. The molecule has 2 aliphatic heterocycles. The maximum absolute atomic E-state index is 13.1. The first-order chi connectivity index (χ1) is 15.6. The van der Waals surface area contributed by atoms with Crippen molar-refractivity contribution in [3.8, 4) is 0 Å². The molecule has 2 aromatic heterocycles. The van der Waals surface area contributed by atoms with Crippen molar-refractivity contribution in [2.75, 3.05) is 31.9 Å². The van der Waals surface area contributed by atoms with Gasteiger partial charge >= 0.3 is 0 Å². The van der Waals surface area contributed by atoms with Gasteiger partial charge in [-0.3, -0.25) is 9.69 Å². The number of hydrogen-bond donors (Lipinski definition) is 2. The Bertz CT molecular complexity index is 1090. The van der Waals surface area contributed by atoms with Gasteiger partial charge in [-0.2, -0.15) is 0 Å². The third-order valence-corrected chi connectivity index (χ3v) is 6.67. The van der Waals surface area contributed by atoms with Gasteiger partial charge in [-0.15, -0.1) is 0 Å². The summed E-state index contributed by atoms with van der Waals surface area (Å²) < 4.78 is 1.86. The van der Waals surface area contributed by atoms with E-state index in [0.29, 0.717) is 48.5 Å². The van der Waals surface area contributed by atoms with Crippen LogP contribution in [0.15, 0.2) is 36.9 Å². The lowest BCUT2D eigenvalue weighted by molar-refractivity contribution is 0.0751. The van der Waals surface area contributed by atoms with Crippen LogP contribution in [0, 0.1) is 0 Å². The van der Waals surface area contributed by atoms with E-state index < -0.39 is 6.10 Å². The van der Waals surface area contributed by atoms with Crippen molar-refractivity contribution in [1.82, 2.24) is 29.3 Å². The Balaban J connectivity index is 1.27. The molecule has 0 saturated carbocycles. The highest BCUT2D eigenvalue weighted by Crippen LogP contribution is 2.28. The lowest BCUT2D eigenvalue weighted by atomic mass is 10.1. The number of fused-ring (bicyclic) bond motifs is 1. The predicted octanol–water partition coefficient (Wildman–Crippen LogP) is 1.84. The minimum absolute atomic E-state index is 0.00707. The molecule has 1 amide bonds. The number of likely N-dealkylation sites (tertiary alicyclic amines) is 2. The third-order valence-electron chi connectivity index (χ3n) is 6.67. The predicted molar refractivity (Wildman–Crippen MR) is 121 cm³/mol. The molecule has 1 aromatic carbocycles. The molecule has 4 heterocycles. The first-order valence-corrected chi connectivity index (χ1v) is 11.3. The molecule has 5 rings (SSSR count). The number of amides is 1. The molecule has 3 aromatic rings. The minimum atomic E-state index is -0.607. The van der Waals surface area contributed by atoms with Crippen LogP contribution < -0.4 is 5.73 Å². The molecular weight excluding hydrogens is 406 g/mol. The van der Waals surface area contributed by atoms with E-state index in [1.165, 1.54) is 24.7 Å². The molecule has 9 nitrogen and oxygen atoms in total. The van der Waals surface area contributed by atoms with E-state index in [1.54, 1.807) is 6.33 Å². The van der Waals surface area contributed by atoms with Gasteiger partial charge in [0.1, 0.15) is 11.8 Å². The standard InChI is InChI=1S/C23H29N7O2/c24-21-20-22(26-14-25-21)30(15-27-20)18-7-11-29(12-8-19(18)31)23(32)17-5-3-16(4-6-17)13-28-9-1-2-10-28/h3-6,14-15,18-19,31H,1-2,7-13H2,(H2,24,25,26)/t18-,19-/m0/s1. The largest absolute Gasteiger partial charge is 0.391 e. The quantitative estimate of drug-likeness (QED) is 0.643. The summed E-state index contributed by atoms with van der Waals surface area (Å²) in [5.74, 6) is 0.328. The number of nitrogen functional groups attached to an aromatic ring is 1. The second kappa shape index (κ2) is 8.84. The lowest BCUT2D eigenvalue weighted by Gasteiger charge is -2.22. The second-order valence-electron chi connectivity index (χ2n) is 8.77. The minimum Gasteiger partial charge on any atom is -0.391 e. The number of nitrogens with two attached hydrogens (primary N) is 1. The van der Waals surface area contributed by atoms with Crippen LogP contribution in [-0.2, 0) is 6.54 Å². The van der Waals surface area contributed by atoms with Gasteiger partial charge in [-0.25, -0.2) is 15.0 Å². The van der Waals surface area contributed by atoms with Crippen molar-refractivity contribution >= 4 is 22.9 Å². The summed E-state index contributed by atoms with van der Waals surface area (Å²) in [5, 5.41) is 10.8. The topological polar surface area (TPSA) is 113 Å². The zero-order valence-electron chi connectivity index (χ0n) is 18.1. The molecule has 2 saturated heterocycles. The van der Waals surface area contributed by atoms with Crippen LogP contribution in [0.5, 0.6) is 0 Å². The van der Waals surface area contributed by atoms with E-state index in [2.05, 4.69) is 32.0 Å². The molecule has 0 aliphatic carbocycles. The van der Waals surface area contributed by atoms with Crippen LogP contribution in [0.3, 0.4) is 0 Å². The summed E-state index contributed by atoms with van der Waals surface area (Å²) in [7, 11) is 0. The zero-order valence-corrected chi connectivity index (χ0v) is 18.1. The van der Waals surface area contributed by atoms with E-state index in [-0.39, 0.29) is 11.9 Å². The van der Waals surface area contributed by atoms with Crippen LogP contribution in [0.25, 0.3) is 11.2 Å². The Hall–Kier alpha value is -3.04. The average Bonchev–Trinajstić information content (AvgIpc) is 3.43. The number of aromatic nitrogens is 4. The van der Waals surface area contributed by atoms with Gasteiger partial charge in [-0.1, -0.05) is 12.1 Å². The highest BCUT2D eigenvalue weighted by Gasteiger charge is 2.30. The normalized spacial score (nSPS) is 22.3. The molecule has 0 radical (unpaired) electrons. The molecule has 0 spiro atoms. The van der Waals surface area contributed by atoms with E-state index in [1.807, 2.05) is 21.6 Å². The van der Waals surface area contributed by atoms with Crippen molar-refractivity contribution in [2.24, 2.45) is 0 Å². The van der Waals surface area contributed by atoms with Crippen molar-refractivity contribution in [1.29, 1.82) is 0 Å². The summed E-state index contributed by atoms with van der Waals surface area (Å²) in [6, 6.07) is 7.74. The van der Waals surface area contributed by atoms with Gasteiger partial charge in [-0.05, 0) is 56.5 Å². The number of hydrogen-bond acceptors (Lipinski definition) is 7. The monoisotopic (exact) mass is 435 g/mol. The number of imidazole rings is 1. The maximum atomic E-state index is 13.1. The number of aliphatic hydroxyl groups is 1. The number of nitrogens with zero attached hydrogens (tertiary/aromatic N) is 6. The fourth-order valence-electron chi connectivity index (χ4n) is 4.85. The molecule has 2 fully saturated rings. The van der Waals surface area contributed by atoms with Gasteiger partial charge in [0.05, 0.1) is 18.5 Å². The van der Waals surface area contributed by atoms with E-state index in [4.69, 9.17) is 5.73 Å². The third kappa shape index (κ3) is 4.05. The van der Waals surface area contributed by atoms with Gasteiger partial charge in [0.15, 0.2) is 11.5 Å². The Kier molecular flexibility index (Phi) is 5.75. The Morgan fingerprint density at radius 2 is 1.78 bits per heavy atom. The van der Waals surface area contributed by atoms with E-state index >= 15 is 0 Å². The number of carbonyl (C=O) groups excluding carboxylic acids is 1. The number of benzene rings is 1. The van der Waals surface area contributed by atoms with Gasteiger partial charge in [0.25, 0.3) is 5.91 Å². The zero-order chi connectivity index (χ0) is 22.1. The number of rotatable bonds is 4. The number of carbonyl (C=O) groups is 1. The summed E-state index contributed by atoms with van der Waals surface area (Å²) in [6.07, 6.45) is 6.09. The van der Waals surface area contributed by atoms with Crippen LogP contribution in [0.1, 0.15) is 47.6 Å². The van der Waals surface area contributed by atoms with Gasteiger partial charge in [0, 0.05) is 25.2 Å². The Morgan fingerprint density at radius 1 is 1.03 bits per heavy atom. The van der Waals surface area contributed by atoms with Crippen LogP contribution >= 0.6 is 0 Å². The molecule has 32 heavy (non-hydrogen) atoms. The van der Waals surface area contributed by atoms with Gasteiger partial charge < -0.3 is 20.3 Å².